The highest BCUT2D eigenvalue weighted by Crippen LogP contribution is 2.21. The van der Waals surface area contributed by atoms with Crippen molar-refractivity contribution in [1.29, 1.82) is 0 Å². The lowest BCUT2D eigenvalue weighted by Crippen LogP contribution is -2.01. The van der Waals surface area contributed by atoms with Crippen LogP contribution in [0.15, 0.2) is 18.2 Å². The number of unbranched alkanes of at least 4 members (excludes halogenated alkanes) is 11. The van der Waals surface area contributed by atoms with E-state index in [-0.39, 0.29) is 11.1 Å². The summed E-state index contributed by atoms with van der Waals surface area (Å²) in [5.41, 5.74) is 0.431. The Hall–Kier alpha value is -1.06. The fourth-order valence-corrected chi connectivity index (χ4v) is 3.26. The van der Waals surface area contributed by atoms with E-state index in [9.17, 15) is 9.59 Å². The summed E-state index contributed by atoms with van der Waals surface area (Å²) >= 11 is 11.0. The summed E-state index contributed by atoms with van der Waals surface area (Å²) < 4.78 is 5.66. The van der Waals surface area contributed by atoms with Crippen molar-refractivity contribution in [3.8, 4) is 5.75 Å². The summed E-state index contributed by atoms with van der Waals surface area (Å²) in [4.78, 5) is 22.6. The third kappa shape index (κ3) is 11.4. The van der Waals surface area contributed by atoms with E-state index >= 15 is 0 Å². The van der Waals surface area contributed by atoms with Crippen molar-refractivity contribution in [3.63, 3.8) is 0 Å². The van der Waals surface area contributed by atoms with Crippen molar-refractivity contribution in [2.24, 2.45) is 0 Å². The van der Waals surface area contributed by atoms with E-state index in [1.54, 1.807) is 12.1 Å². The minimum absolute atomic E-state index is 0.216. The first-order valence-corrected chi connectivity index (χ1v) is 11.0. The molecule has 5 heteroatoms. The van der Waals surface area contributed by atoms with Gasteiger partial charge in [0.2, 0.25) is 0 Å². The zero-order valence-corrected chi connectivity index (χ0v) is 17.9. The topological polar surface area (TPSA) is 43.4 Å². The van der Waals surface area contributed by atoms with E-state index in [0.29, 0.717) is 12.4 Å². The van der Waals surface area contributed by atoms with Crippen LogP contribution in [0.3, 0.4) is 0 Å². The predicted molar refractivity (Wildman–Crippen MR) is 113 cm³/mol. The predicted octanol–water partition coefficient (Wildman–Crippen LogP) is 7.52. The first-order valence-electron chi connectivity index (χ1n) is 10.2. The number of carbonyl (C=O) groups excluding carboxylic acids is 2. The molecule has 0 saturated carbocycles. The molecule has 1 aromatic rings. The SMILES string of the molecule is CCCCCCCCCCCCCCOc1cc(C(=O)Cl)cc(C(=O)Cl)c1. The lowest BCUT2D eigenvalue weighted by atomic mass is 10.1. The number of carbonyl (C=O) groups is 2. The van der Waals surface area contributed by atoms with Gasteiger partial charge in [-0.05, 0) is 47.8 Å². The van der Waals surface area contributed by atoms with Crippen LogP contribution in [-0.2, 0) is 0 Å². The lowest BCUT2D eigenvalue weighted by Gasteiger charge is -2.08. The van der Waals surface area contributed by atoms with Crippen LogP contribution in [0.4, 0.5) is 0 Å². The molecular formula is C22H32Cl2O3. The first-order chi connectivity index (χ1) is 13.0. The molecule has 1 rings (SSSR count). The van der Waals surface area contributed by atoms with E-state index in [0.717, 1.165) is 12.8 Å². The molecule has 0 unspecified atom stereocenters. The van der Waals surface area contributed by atoms with Gasteiger partial charge in [-0.3, -0.25) is 9.59 Å². The Labute approximate surface area is 173 Å². The fourth-order valence-electron chi connectivity index (χ4n) is 3.04. The standard InChI is InChI=1S/C22H32Cl2O3/c1-2-3-4-5-6-7-8-9-10-11-12-13-14-27-20-16-18(21(23)25)15-19(17-20)22(24)26/h15-17H,2-14H2,1H3. The van der Waals surface area contributed by atoms with Crippen LogP contribution in [-0.4, -0.2) is 17.1 Å². The van der Waals surface area contributed by atoms with Crippen LogP contribution in [0.25, 0.3) is 0 Å². The molecule has 27 heavy (non-hydrogen) atoms. The van der Waals surface area contributed by atoms with E-state index in [1.165, 1.54) is 70.3 Å². The van der Waals surface area contributed by atoms with Gasteiger partial charge in [-0.1, -0.05) is 77.6 Å². The van der Waals surface area contributed by atoms with Crippen molar-refractivity contribution >= 4 is 33.7 Å². The molecule has 0 radical (unpaired) electrons. The molecule has 0 heterocycles. The molecule has 0 saturated heterocycles. The van der Waals surface area contributed by atoms with Crippen molar-refractivity contribution in [2.45, 2.75) is 84.0 Å². The Morgan fingerprint density at radius 1 is 0.704 bits per heavy atom. The van der Waals surface area contributed by atoms with Gasteiger partial charge in [0.15, 0.2) is 0 Å². The largest absolute Gasteiger partial charge is 0.494 e. The Bertz CT molecular complexity index is 540. The van der Waals surface area contributed by atoms with E-state index in [4.69, 9.17) is 27.9 Å². The van der Waals surface area contributed by atoms with Crippen LogP contribution in [0.2, 0.25) is 0 Å². The van der Waals surface area contributed by atoms with Crippen LogP contribution in [0.1, 0.15) is 105 Å². The van der Waals surface area contributed by atoms with Crippen LogP contribution >= 0.6 is 23.2 Å². The molecule has 3 nitrogen and oxygen atoms in total. The van der Waals surface area contributed by atoms with Crippen molar-refractivity contribution in [1.82, 2.24) is 0 Å². The van der Waals surface area contributed by atoms with Gasteiger partial charge < -0.3 is 4.74 Å². The van der Waals surface area contributed by atoms with Crippen molar-refractivity contribution in [2.75, 3.05) is 6.61 Å². The molecule has 0 bridgehead atoms. The molecule has 152 valence electrons. The second-order valence-corrected chi connectivity index (χ2v) is 7.72. The monoisotopic (exact) mass is 414 g/mol. The number of rotatable bonds is 16. The van der Waals surface area contributed by atoms with Crippen molar-refractivity contribution in [3.05, 3.63) is 29.3 Å². The van der Waals surface area contributed by atoms with Gasteiger partial charge in [-0.25, -0.2) is 0 Å². The fraction of sp³-hybridized carbons (Fsp3) is 0.636. The molecule has 0 spiro atoms. The van der Waals surface area contributed by atoms with E-state index in [1.807, 2.05) is 0 Å². The summed E-state index contributed by atoms with van der Waals surface area (Å²) in [5.74, 6) is 0.452. The van der Waals surface area contributed by atoms with Gasteiger partial charge in [0.1, 0.15) is 5.75 Å². The van der Waals surface area contributed by atoms with Gasteiger partial charge in [0.05, 0.1) is 6.61 Å². The van der Waals surface area contributed by atoms with Gasteiger partial charge in [-0.15, -0.1) is 0 Å². The van der Waals surface area contributed by atoms with E-state index in [2.05, 4.69) is 6.92 Å². The molecule has 0 aromatic heterocycles. The number of benzene rings is 1. The number of ether oxygens (including phenoxy) is 1. The van der Waals surface area contributed by atoms with Gasteiger partial charge in [0.25, 0.3) is 10.5 Å². The first kappa shape index (κ1) is 24.0. The third-order valence-corrected chi connectivity index (χ3v) is 5.06. The highest BCUT2D eigenvalue weighted by molar-refractivity contribution is 6.69. The Balaban J connectivity index is 2.11. The smallest absolute Gasteiger partial charge is 0.252 e. The van der Waals surface area contributed by atoms with Gasteiger partial charge in [0, 0.05) is 11.1 Å². The van der Waals surface area contributed by atoms with Crippen LogP contribution < -0.4 is 4.74 Å². The number of hydrogen-bond donors (Lipinski definition) is 0. The van der Waals surface area contributed by atoms with Crippen molar-refractivity contribution < 1.29 is 14.3 Å². The Morgan fingerprint density at radius 3 is 1.52 bits per heavy atom. The number of halogens is 2. The average Bonchev–Trinajstić information content (AvgIpc) is 2.65. The molecule has 0 amide bonds. The molecule has 0 fully saturated rings. The Kier molecular flexibility index (Phi) is 13.3. The molecule has 1 aromatic carbocycles. The minimum atomic E-state index is -0.634. The third-order valence-electron chi connectivity index (χ3n) is 4.63. The molecular weight excluding hydrogens is 383 g/mol. The summed E-state index contributed by atoms with van der Waals surface area (Å²) in [6.07, 6.45) is 15.4. The molecule has 0 N–H and O–H groups in total. The molecule has 0 aliphatic heterocycles. The van der Waals surface area contributed by atoms with Crippen LogP contribution in [0, 0.1) is 0 Å². The normalized spacial score (nSPS) is 10.8. The quantitative estimate of drug-likeness (QED) is 0.207. The maximum Gasteiger partial charge on any atom is 0.252 e. The van der Waals surface area contributed by atoms with Gasteiger partial charge in [-0.2, -0.15) is 0 Å². The molecule has 0 aliphatic rings. The van der Waals surface area contributed by atoms with Crippen LogP contribution in [0.5, 0.6) is 5.75 Å². The summed E-state index contributed by atoms with van der Waals surface area (Å²) in [5, 5.41) is -1.27. The zero-order valence-electron chi connectivity index (χ0n) is 16.4. The highest BCUT2D eigenvalue weighted by Gasteiger charge is 2.11. The summed E-state index contributed by atoms with van der Waals surface area (Å²) in [7, 11) is 0. The zero-order chi connectivity index (χ0) is 19.9. The number of hydrogen-bond acceptors (Lipinski definition) is 3. The summed E-state index contributed by atoms with van der Waals surface area (Å²) in [6.45, 7) is 2.80. The summed E-state index contributed by atoms with van der Waals surface area (Å²) in [6, 6.07) is 4.46. The Morgan fingerprint density at radius 2 is 1.11 bits per heavy atom. The highest BCUT2D eigenvalue weighted by atomic mass is 35.5. The average molecular weight is 415 g/mol. The second-order valence-electron chi connectivity index (χ2n) is 7.03. The lowest BCUT2D eigenvalue weighted by molar-refractivity contribution is 0.108. The van der Waals surface area contributed by atoms with E-state index < -0.39 is 10.5 Å². The minimum Gasteiger partial charge on any atom is -0.494 e. The second kappa shape index (κ2) is 14.9. The maximum absolute atomic E-state index is 11.3. The molecule has 0 aliphatic carbocycles. The van der Waals surface area contributed by atoms with Gasteiger partial charge >= 0.3 is 0 Å². The maximum atomic E-state index is 11.3. The molecule has 0 atom stereocenters.